The van der Waals surface area contributed by atoms with Crippen molar-refractivity contribution < 1.29 is 9.59 Å². The fraction of sp³-hybridized carbons (Fsp3) is 0.333. The Morgan fingerprint density at radius 1 is 1.04 bits per heavy atom. The van der Waals surface area contributed by atoms with Gasteiger partial charge in [-0.25, -0.2) is 9.97 Å². The maximum absolute atomic E-state index is 12.9. The Morgan fingerprint density at radius 3 is 2.31 bits per heavy atom. The summed E-state index contributed by atoms with van der Waals surface area (Å²) >= 11 is 5.86. The molecule has 1 aromatic heterocycles. The average Bonchev–Trinajstić information content (AvgIpc) is 3.25. The number of fused-ring (bicyclic) bond motifs is 1. The second-order valence-electron chi connectivity index (χ2n) is 6.60. The van der Waals surface area contributed by atoms with Crippen LogP contribution in [0.4, 0.5) is 5.69 Å². The van der Waals surface area contributed by atoms with Crippen LogP contribution in [0.5, 0.6) is 0 Å². The molecule has 1 aromatic carbocycles. The van der Waals surface area contributed by atoms with Crippen molar-refractivity contribution in [1.82, 2.24) is 20.2 Å². The number of carbonyl (C=O) groups excluding carboxylic acids is 2. The van der Waals surface area contributed by atoms with E-state index < -0.39 is 5.91 Å². The van der Waals surface area contributed by atoms with Gasteiger partial charge in [0, 0.05) is 49.3 Å². The van der Waals surface area contributed by atoms with Gasteiger partial charge >= 0.3 is 0 Å². The molecule has 8 heteroatoms. The van der Waals surface area contributed by atoms with Gasteiger partial charge < -0.3 is 15.5 Å². The minimum atomic E-state index is -0.468. The molecule has 26 heavy (non-hydrogen) atoms. The minimum absolute atomic E-state index is 0.0302. The largest absolute Gasteiger partial charge is 0.337 e. The van der Waals surface area contributed by atoms with E-state index in [-0.39, 0.29) is 17.3 Å². The van der Waals surface area contributed by atoms with E-state index >= 15 is 0 Å². The molecule has 2 N–H and O–H groups in total. The standard InChI is InChI=1S/C18H18ClN5O2/c19-13-1-3-14(4-2-13)23-17(25)15-16(22-6-5-21-15)18(26)24-9-11-7-20-8-12(11)10-24/h1-6,11-12,20H,7-10H2,(H,23,25)/t11-,12+. The molecule has 2 aliphatic heterocycles. The summed E-state index contributed by atoms with van der Waals surface area (Å²) in [6, 6.07) is 6.73. The minimum Gasteiger partial charge on any atom is -0.337 e. The van der Waals surface area contributed by atoms with Gasteiger partial charge in [-0.3, -0.25) is 9.59 Å². The van der Waals surface area contributed by atoms with Crippen molar-refractivity contribution in [2.45, 2.75) is 0 Å². The summed E-state index contributed by atoms with van der Waals surface area (Å²) < 4.78 is 0. The van der Waals surface area contributed by atoms with Crippen LogP contribution in [0.2, 0.25) is 5.02 Å². The number of carbonyl (C=O) groups is 2. The molecule has 4 rings (SSSR count). The van der Waals surface area contributed by atoms with Crippen molar-refractivity contribution in [3.63, 3.8) is 0 Å². The summed E-state index contributed by atoms with van der Waals surface area (Å²) in [6.07, 6.45) is 2.85. The number of amides is 2. The first-order valence-corrected chi connectivity index (χ1v) is 8.87. The van der Waals surface area contributed by atoms with Crippen LogP contribution in [0, 0.1) is 11.8 Å². The first-order valence-electron chi connectivity index (χ1n) is 8.50. The second-order valence-corrected chi connectivity index (χ2v) is 7.04. The van der Waals surface area contributed by atoms with Crippen LogP contribution in [0.1, 0.15) is 21.0 Å². The molecule has 7 nitrogen and oxygen atoms in total. The molecule has 0 radical (unpaired) electrons. The zero-order valence-corrected chi connectivity index (χ0v) is 14.7. The molecular formula is C18H18ClN5O2. The van der Waals surface area contributed by atoms with Crippen molar-refractivity contribution >= 4 is 29.1 Å². The number of nitrogens with zero attached hydrogens (tertiary/aromatic N) is 3. The summed E-state index contributed by atoms with van der Waals surface area (Å²) in [4.78, 5) is 35.5. The highest BCUT2D eigenvalue weighted by Gasteiger charge is 2.39. The van der Waals surface area contributed by atoms with Crippen LogP contribution in [-0.4, -0.2) is 52.9 Å². The zero-order valence-electron chi connectivity index (χ0n) is 14.0. The average molecular weight is 372 g/mol. The Bertz CT molecular complexity index is 830. The highest BCUT2D eigenvalue weighted by molar-refractivity contribution is 6.30. The lowest BCUT2D eigenvalue weighted by Crippen LogP contribution is -2.34. The lowest BCUT2D eigenvalue weighted by Gasteiger charge is -2.18. The number of likely N-dealkylation sites (tertiary alicyclic amines) is 1. The number of halogens is 1. The number of aromatic nitrogens is 2. The van der Waals surface area contributed by atoms with E-state index in [0.717, 1.165) is 13.1 Å². The molecule has 0 unspecified atom stereocenters. The van der Waals surface area contributed by atoms with Crippen molar-refractivity contribution in [1.29, 1.82) is 0 Å². The van der Waals surface area contributed by atoms with E-state index in [9.17, 15) is 9.59 Å². The van der Waals surface area contributed by atoms with Gasteiger partial charge in [0.05, 0.1) is 0 Å². The molecular weight excluding hydrogens is 354 g/mol. The number of rotatable bonds is 3. The molecule has 0 aliphatic carbocycles. The van der Waals surface area contributed by atoms with Gasteiger partial charge in [-0.2, -0.15) is 0 Å². The quantitative estimate of drug-likeness (QED) is 0.857. The van der Waals surface area contributed by atoms with Gasteiger partial charge in [0.25, 0.3) is 11.8 Å². The molecule has 2 atom stereocenters. The Labute approximate surface area is 155 Å². The SMILES string of the molecule is O=C(Nc1ccc(Cl)cc1)c1nccnc1C(=O)N1C[C@H]2CNC[C@H]2C1. The number of nitrogens with one attached hydrogen (secondary N) is 2. The highest BCUT2D eigenvalue weighted by Crippen LogP contribution is 2.27. The van der Waals surface area contributed by atoms with E-state index in [1.54, 1.807) is 29.2 Å². The van der Waals surface area contributed by atoms with Crippen LogP contribution in [0.3, 0.4) is 0 Å². The molecule has 0 saturated carbocycles. The maximum Gasteiger partial charge on any atom is 0.276 e. The van der Waals surface area contributed by atoms with Crippen LogP contribution in [-0.2, 0) is 0 Å². The van der Waals surface area contributed by atoms with Gasteiger partial charge in [0.1, 0.15) is 0 Å². The molecule has 3 heterocycles. The molecule has 2 fully saturated rings. The molecule has 2 amide bonds. The normalized spacial score (nSPS) is 21.5. The van der Waals surface area contributed by atoms with Crippen LogP contribution < -0.4 is 10.6 Å². The third kappa shape index (κ3) is 3.27. The van der Waals surface area contributed by atoms with E-state index in [0.29, 0.717) is 35.6 Å². The summed E-state index contributed by atoms with van der Waals surface area (Å²) in [6.45, 7) is 3.23. The molecule has 134 valence electrons. The number of hydrogen-bond donors (Lipinski definition) is 2. The summed E-state index contributed by atoms with van der Waals surface area (Å²) in [7, 11) is 0. The van der Waals surface area contributed by atoms with Crippen molar-refractivity contribution in [2.24, 2.45) is 11.8 Å². The molecule has 2 aliphatic rings. The van der Waals surface area contributed by atoms with Crippen LogP contribution >= 0.6 is 11.6 Å². The fourth-order valence-electron chi connectivity index (χ4n) is 3.56. The van der Waals surface area contributed by atoms with E-state index in [1.165, 1.54) is 12.4 Å². The third-order valence-electron chi connectivity index (χ3n) is 4.89. The lowest BCUT2D eigenvalue weighted by atomic mass is 10.0. The molecule has 0 spiro atoms. The van der Waals surface area contributed by atoms with Crippen molar-refractivity contribution in [2.75, 3.05) is 31.5 Å². The highest BCUT2D eigenvalue weighted by atomic mass is 35.5. The molecule has 0 bridgehead atoms. The first kappa shape index (κ1) is 16.9. The van der Waals surface area contributed by atoms with Crippen molar-refractivity contribution in [3.05, 3.63) is 53.1 Å². The van der Waals surface area contributed by atoms with Crippen LogP contribution in [0.15, 0.2) is 36.7 Å². The number of hydrogen-bond acceptors (Lipinski definition) is 5. The van der Waals surface area contributed by atoms with E-state index in [4.69, 9.17) is 11.6 Å². The number of benzene rings is 1. The predicted molar refractivity (Wildman–Crippen MR) is 97.2 cm³/mol. The topological polar surface area (TPSA) is 87.2 Å². The van der Waals surface area contributed by atoms with Gasteiger partial charge in [-0.1, -0.05) is 11.6 Å². The van der Waals surface area contributed by atoms with Crippen molar-refractivity contribution in [3.8, 4) is 0 Å². The Balaban J connectivity index is 1.53. The van der Waals surface area contributed by atoms with Gasteiger partial charge in [0.15, 0.2) is 11.4 Å². The predicted octanol–water partition coefficient (Wildman–Crippen LogP) is 1.67. The first-order chi connectivity index (χ1) is 12.6. The van der Waals surface area contributed by atoms with Crippen LogP contribution in [0.25, 0.3) is 0 Å². The summed E-state index contributed by atoms with van der Waals surface area (Å²) in [5, 5.41) is 6.65. The molecule has 2 saturated heterocycles. The smallest absolute Gasteiger partial charge is 0.276 e. The van der Waals surface area contributed by atoms with E-state index in [1.807, 2.05) is 0 Å². The monoisotopic (exact) mass is 371 g/mol. The lowest BCUT2D eigenvalue weighted by molar-refractivity contribution is 0.0769. The summed E-state index contributed by atoms with van der Waals surface area (Å²) in [5.74, 6) is 0.238. The number of anilines is 1. The Kier molecular flexibility index (Phi) is 4.57. The van der Waals surface area contributed by atoms with Gasteiger partial charge in [-0.15, -0.1) is 0 Å². The van der Waals surface area contributed by atoms with Gasteiger partial charge in [-0.05, 0) is 36.1 Å². The zero-order chi connectivity index (χ0) is 18.1. The fourth-order valence-corrected chi connectivity index (χ4v) is 3.68. The Morgan fingerprint density at radius 2 is 1.65 bits per heavy atom. The maximum atomic E-state index is 12.9. The van der Waals surface area contributed by atoms with E-state index in [2.05, 4.69) is 20.6 Å². The summed E-state index contributed by atoms with van der Waals surface area (Å²) in [5.41, 5.74) is 0.694. The third-order valence-corrected chi connectivity index (χ3v) is 5.15. The second kappa shape index (κ2) is 7.01. The molecule has 2 aromatic rings. The Hall–Kier alpha value is -2.51. The van der Waals surface area contributed by atoms with Gasteiger partial charge in [0.2, 0.25) is 0 Å².